The average molecular weight is 363 g/mol. The Morgan fingerprint density at radius 2 is 1.85 bits per heavy atom. The van der Waals surface area contributed by atoms with Crippen molar-refractivity contribution >= 4 is 5.97 Å². The van der Waals surface area contributed by atoms with Crippen molar-refractivity contribution in [1.82, 2.24) is 0 Å². The van der Waals surface area contributed by atoms with Gasteiger partial charge in [0.1, 0.15) is 0 Å². The number of hydrogen-bond acceptors (Lipinski definition) is 2. The second kappa shape index (κ2) is 6.50. The van der Waals surface area contributed by atoms with E-state index >= 15 is 0 Å². The van der Waals surface area contributed by atoms with Crippen LogP contribution in [-0.4, -0.2) is 22.3 Å². The smallest absolute Gasteiger partial charge is 0.310 e. The summed E-state index contributed by atoms with van der Waals surface area (Å²) in [7, 11) is 0. The minimum Gasteiger partial charge on any atom is -0.481 e. The molecule has 2 N–H and O–H groups in total. The van der Waals surface area contributed by atoms with Crippen LogP contribution < -0.4 is 0 Å². The topological polar surface area (TPSA) is 57.5 Å². The van der Waals surface area contributed by atoms with E-state index in [0.717, 1.165) is 30.6 Å². The molecule has 0 aliphatic heterocycles. The van der Waals surface area contributed by atoms with Crippen molar-refractivity contribution in [2.45, 2.75) is 91.1 Å². The van der Waals surface area contributed by atoms with Gasteiger partial charge in [-0.1, -0.05) is 27.2 Å². The van der Waals surface area contributed by atoms with Crippen molar-refractivity contribution < 1.29 is 15.0 Å². The number of carboxylic acid groups (broad SMARTS) is 1. The Morgan fingerprint density at radius 3 is 2.54 bits per heavy atom. The molecule has 0 heterocycles. The maximum Gasteiger partial charge on any atom is 0.310 e. The number of carboxylic acids is 1. The third-order valence-electron chi connectivity index (χ3n) is 9.93. The predicted molar refractivity (Wildman–Crippen MR) is 103 cm³/mol. The molecule has 0 bridgehead atoms. The quantitative estimate of drug-likeness (QED) is 0.733. The van der Waals surface area contributed by atoms with Gasteiger partial charge in [-0.15, -0.1) is 0 Å². The van der Waals surface area contributed by atoms with E-state index in [0.29, 0.717) is 36.5 Å². The van der Waals surface area contributed by atoms with Crippen LogP contribution in [0.25, 0.3) is 0 Å². The summed E-state index contributed by atoms with van der Waals surface area (Å²) >= 11 is 0. The Balaban J connectivity index is 1.65. The van der Waals surface area contributed by atoms with Crippen LogP contribution in [0.2, 0.25) is 0 Å². The fourth-order valence-corrected chi connectivity index (χ4v) is 8.55. The summed E-state index contributed by atoms with van der Waals surface area (Å²) in [5.74, 6) is 2.93. The first kappa shape index (κ1) is 18.8. The molecule has 4 rings (SSSR count). The number of fused-ring (bicyclic) bond motifs is 5. The highest BCUT2D eigenvalue weighted by molar-refractivity contribution is 5.76. The molecule has 148 valence electrons. The van der Waals surface area contributed by atoms with E-state index < -0.39 is 11.4 Å². The van der Waals surface area contributed by atoms with Crippen LogP contribution in [0.1, 0.15) is 85.0 Å². The summed E-state index contributed by atoms with van der Waals surface area (Å²) in [6.45, 7) is 7.30. The number of carbonyl (C=O) groups is 1. The lowest BCUT2D eigenvalue weighted by Crippen LogP contribution is -2.58. The summed E-state index contributed by atoms with van der Waals surface area (Å²) in [6, 6.07) is 0. The highest BCUT2D eigenvalue weighted by Crippen LogP contribution is 2.68. The van der Waals surface area contributed by atoms with Gasteiger partial charge in [0.2, 0.25) is 0 Å². The fraction of sp³-hybridized carbons (Fsp3) is 0.957. The van der Waals surface area contributed by atoms with Crippen molar-refractivity contribution in [3.63, 3.8) is 0 Å². The highest BCUT2D eigenvalue weighted by Gasteiger charge is 2.64. The average Bonchev–Trinajstić information content (AvgIpc) is 2.97. The Hall–Kier alpha value is -0.570. The van der Waals surface area contributed by atoms with Crippen molar-refractivity contribution in [2.75, 3.05) is 0 Å². The van der Waals surface area contributed by atoms with E-state index in [2.05, 4.69) is 20.8 Å². The molecule has 0 aromatic heterocycles. The van der Waals surface area contributed by atoms with Gasteiger partial charge >= 0.3 is 5.97 Å². The van der Waals surface area contributed by atoms with Gasteiger partial charge in [0.25, 0.3) is 0 Å². The van der Waals surface area contributed by atoms with E-state index in [4.69, 9.17) is 0 Å². The Morgan fingerprint density at radius 1 is 1.08 bits per heavy atom. The van der Waals surface area contributed by atoms with Crippen molar-refractivity contribution in [3.8, 4) is 0 Å². The number of aliphatic hydroxyl groups excluding tert-OH is 1. The molecular weight excluding hydrogens is 324 g/mol. The number of aliphatic hydroxyl groups is 1. The van der Waals surface area contributed by atoms with Gasteiger partial charge in [0.15, 0.2) is 0 Å². The van der Waals surface area contributed by atoms with Gasteiger partial charge in [0, 0.05) is 0 Å². The first-order valence-electron chi connectivity index (χ1n) is 11.3. The van der Waals surface area contributed by atoms with E-state index in [9.17, 15) is 15.0 Å². The summed E-state index contributed by atoms with van der Waals surface area (Å²) in [4.78, 5) is 12.6. The van der Waals surface area contributed by atoms with E-state index in [1.807, 2.05) is 0 Å². The van der Waals surface area contributed by atoms with Gasteiger partial charge in [-0.2, -0.15) is 0 Å². The van der Waals surface area contributed by atoms with Crippen molar-refractivity contribution in [2.24, 2.45) is 46.3 Å². The maximum absolute atomic E-state index is 12.6. The molecule has 0 spiro atoms. The molecule has 26 heavy (non-hydrogen) atoms. The largest absolute Gasteiger partial charge is 0.481 e. The van der Waals surface area contributed by atoms with Gasteiger partial charge in [-0.05, 0) is 98.7 Å². The number of aliphatic carboxylic acids is 1. The standard InChI is InChI=1S/C23H38O3/c1-4-14(2)18-7-8-19-17-6-5-15-13-16(24)9-12-23(15,21(25)26)20(17)10-11-22(18,19)3/h14-20,24H,4-13H2,1-3H3,(H,25,26)/t14-,15?,16?,17+,18-,19+,20+,22-,23-/m1/s1. The molecule has 0 amide bonds. The van der Waals surface area contributed by atoms with E-state index in [1.165, 1.54) is 32.1 Å². The van der Waals surface area contributed by atoms with Gasteiger partial charge in [-0.25, -0.2) is 0 Å². The molecule has 0 aromatic carbocycles. The molecule has 0 aromatic rings. The molecule has 4 fully saturated rings. The van der Waals surface area contributed by atoms with Crippen LogP contribution in [0.3, 0.4) is 0 Å². The number of hydrogen-bond donors (Lipinski definition) is 2. The summed E-state index contributed by atoms with van der Waals surface area (Å²) < 4.78 is 0. The molecular formula is C23H38O3. The Kier molecular flexibility index (Phi) is 4.69. The summed E-state index contributed by atoms with van der Waals surface area (Å²) in [6.07, 6.45) is 10.3. The second-order valence-corrected chi connectivity index (χ2v) is 10.5. The third-order valence-corrected chi connectivity index (χ3v) is 9.93. The lowest BCUT2D eigenvalue weighted by molar-refractivity contribution is -0.184. The molecule has 4 aliphatic carbocycles. The molecule has 4 aliphatic rings. The normalized spacial score (nSPS) is 51.8. The summed E-state index contributed by atoms with van der Waals surface area (Å²) in [5.41, 5.74) is -0.116. The third kappa shape index (κ3) is 2.45. The predicted octanol–water partition coefficient (Wildman–Crippen LogP) is 5.12. The lowest BCUT2D eigenvalue weighted by atomic mass is 9.44. The zero-order valence-corrected chi connectivity index (χ0v) is 16.9. The van der Waals surface area contributed by atoms with E-state index in [1.54, 1.807) is 0 Å². The minimum atomic E-state index is -0.552. The molecule has 3 nitrogen and oxygen atoms in total. The first-order valence-corrected chi connectivity index (χ1v) is 11.3. The first-order chi connectivity index (χ1) is 12.3. The monoisotopic (exact) mass is 362 g/mol. The molecule has 2 unspecified atom stereocenters. The highest BCUT2D eigenvalue weighted by atomic mass is 16.4. The van der Waals surface area contributed by atoms with Crippen LogP contribution >= 0.6 is 0 Å². The summed E-state index contributed by atoms with van der Waals surface area (Å²) in [5, 5.41) is 20.5. The number of rotatable bonds is 3. The van der Waals surface area contributed by atoms with Crippen molar-refractivity contribution in [3.05, 3.63) is 0 Å². The molecule has 9 atom stereocenters. The van der Waals surface area contributed by atoms with Crippen LogP contribution in [0, 0.1) is 46.3 Å². The lowest BCUT2D eigenvalue weighted by Gasteiger charge is -2.60. The molecule has 0 saturated heterocycles. The van der Waals surface area contributed by atoms with E-state index in [-0.39, 0.29) is 12.0 Å². The zero-order chi connectivity index (χ0) is 18.7. The molecule has 0 radical (unpaired) electrons. The second-order valence-electron chi connectivity index (χ2n) is 10.5. The minimum absolute atomic E-state index is 0.195. The zero-order valence-electron chi connectivity index (χ0n) is 16.9. The van der Waals surface area contributed by atoms with Crippen LogP contribution in [0.4, 0.5) is 0 Å². The van der Waals surface area contributed by atoms with Crippen LogP contribution in [-0.2, 0) is 4.79 Å². The van der Waals surface area contributed by atoms with Crippen LogP contribution in [0.5, 0.6) is 0 Å². The maximum atomic E-state index is 12.6. The van der Waals surface area contributed by atoms with Crippen LogP contribution in [0.15, 0.2) is 0 Å². The molecule has 3 heteroatoms. The fourth-order valence-electron chi connectivity index (χ4n) is 8.55. The van der Waals surface area contributed by atoms with Gasteiger partial charge in [0.05, 0.1) is 11.5 Å². The van der Waals surface area contributed by atoms with Gasteiger partial charge in [-0.3, -0.25) is 4.79 Å². The van der Waals surface area contributed by atoms with Gasteiger partial charge < -0.3 is 10.2 Å². The SMILES string of the molecule is CC[C@@H](C)[C@H]1CC[C@H]2[C@@H]3CCC4CC(O)CC[C@]4(C(=O)O)[C@H]3CC[C@]12C. The van der Waals surface area contributed by atoms with Crippen molar-refractivity contribution in [1.29, 1.82) is 0 Å². The molecule has 4 saturated carbocycles. The Labute approximate surface area is 158 Å². The Bertz CT molecular complexity index is 560.